The Kier molecular flexibility index (Phi) is 9.19. The number of hydrogen-bond acceptors (Lipinski definition) is 5. The van der Waals surface area contributed by atoms with E-state index in [1.807, 2.05) is 36.4 Å². The SMILES string of the molecule is C=CC(=O)O.O=CO.OC1CCCc2nc3ccccc3c(NCc3ccccc3)c21. The molecular formula is C24H26N2O5. The Morgan fingerprint density at radius 2 is 1.77 bits per heavy atom. The largest absolute Gasteiger partial charge is 0.483 e. The third-order valence-electron chi connectivity index (χ3n) is 4.72. The Bertz CT molecular complexity index is 1020. The minimum atomic E-state index is -0.981. The number of carboxylic acid groups (broad SMARTS) is 2. The minimum absolute atomic E-state index is 0.250. The number of nitrogens with one attached hydrogen (secondary N) is 1. The Hall–Kier alpha value is -3.71. The smallest absolute Gasteiger partial charge is 0.327 e. The summed E-state index contributed by atoms with van der Waals surface area (Å²) in [6.45, 7) is 3.45. The van der Waals surface area contributed by atoms with Crippen molar-refractivity contribution < 1.29 is 24.9 Å². The number of pyridine rings is 1. The van der Waals surface area contributed by atoms with Crippen molar-refractivity contribution in [2.24, 2.45) is 0 Å². The van der Waals surface area contributed by atoms with E-state index in [0.717, 1.165) is 59.7 Å². The molecule has 0 fully saturated rings. The molecule has 3 aromatic rings. The molecule has 7 nitrogen and oxygen atoms in total. The molecule has 0 saturated carbocycles. The van der Waals surface area contributed by atoms with Crippen LogP contribution in [0.5, 0.6) is 0 Å². The summed E-state index contributed by atoms with van der Waals surface area (Å²) >= 11 is 0. The maximum Gasteiger partial charge on any atom is 0.327 e. The number of nitrogens with zero attached hydrogens (tertiary/aromatic N) is 1. The second-order valence-corrected chi connectivity index (χ2v) is 6.76. The van der Waals surface area contributed by atoms with Gasteiger partial charge in [0.1, 0.15) is 0 Å². The first-order valence-corrected chi connectivity index (χ1v) is 9.82. The van der Waals surface area contributed by atoms with Crippen LogP contribution in [0.1, 0.15) is 35.8 Å². The van der Waals surface area contributed by atoms with Crippen molar-refractivity contribution in [3.8, 4) is 0 Å². The fourth-order valence-electron chi connectivity index (χ4n) is 3.41. The van der Waals surface area contributed by atoms with Gasteiger partial charge in [0.15, 0.2) is 0 Å². The summed E-state index contributed by atoms with van der Waals surface area (Å²) in [6.07, 6.45) is 3.16. The van der Waals surface area contributed by atoms with E-state index in [0.29, 0.717) is 0 Å². The Morgan fingerprint density at radius 3 is 2.42 bits per heavy atom. The predicted molar refractivity (Wildman–Crippen MR) is 120 cm³/mol. The lowest BCUT2D eigenvalue weighted by Gasteiger charge is -2.25. The topological polar surface area (TPSA) is 120 Å². The molecular weight excluding hydrogens is 396 g/mol. The molecule has 0 amide bonds. The zero-order valence-electron chi connectivity index (χ0n) is 17.1. The molecule has 31 heavy (non-hydrogen) atoms. The zero-order chi connectivity index (χ0) is 22.6. The lowest BCUT2D eigenvalue weighted by atomic mass is 9.90. The van der Waals surface area contributed by atoms with Crippen molar-refractivity contribution in [3.63, 3.8) is 0 Å². The van der Waals surface area contributed by atoms with E-state index in [9.17, 15) is 9.90 Å². The van der Waals surface area contributed by atoms with Crippen molar-refractivity contribution in [2.75, 3.05) is 5.32 Å². The van der Waals surface area contributed by atoms with E-state index < -0.39 is 12.1 Å². The average molecular weight is 422 g/mol. The van der Waals surface area contributed by atoms with Gasteiger partial charge in [-0.05, 0) is 30.9 Å². The van der Waals surface area contributed by atoms with Crippen molar-refractivity contribution in [1.29, 1.82) is 0 Å². The number of anilines is 1. The van der Waals surface area contributed by atoms with Gasteiger partial charge in [-0.15, -0.1) is 0 Å². The summed E-state index contributed by atoms with van der Waals surface area (Å²) in [4.78, 5) is 22.4. The van der Waals surface area contributed by atoms with Gasteiger partial charge in [-0.1, -0.05) is 55.1 Å². The van der Waals surface area contributed by atoms with E-state index in [1.54, 1.807) is 0 Å². The van der Waals surface area contributed by atoms with Gasteiger partial charge in [-0.2, -0.15) is 0 Å². The van der Waals surface area contributed by atoms with Crippen LogP contribution in [0.15, 0.2) is 67.3 Å². The molecule has 4 N–H and O–H groups in total. The van der Waals surface area contributed by atoms with Crippen LogP contribution in [-0.4, -0.2) is 32.7 Å². The maximum atomic E-state index is 10.5. The van der Waals surface area contributed by atoms with E-state index in [2.05, 4.69) is 30.1 Å². The highest BCUT2D eigenvalue weighted by Crippen LogP contribution is 2.38. The number of carbonyl (C=O) groups is 2. The van der Waals surface area contributed by atoms with E-state index in [4.69, 9.17) is 20.0 Å². The number of rotatable bonds is 4. The maximum absolute atomic E-state index is 10.5. The summed E-state index contributed by atoms with van der Waals surface area (Å²) in [5.74, 6) is -0.981. The summed E-state index contributed by atoms with van der Waals surface area (Å²) in [5.41, 5.74) is 5.30. The van der Waals surface area contributed by atoms with Crippen LogP contribution >= 0.6 is 0 Å². The third kappa shape index (κ3) is 6.65. The Balaban J connectivity index is 0.000000371. The normalized spacial score (nSPS) is 14.0. The van der Waals surface area contributed by atoms with Gasteiger partial charge in [-0.3, -0.25) is 9.78 Å². The van der Waals surface area contributed by atoms with Gasteiger partial charge in [0, 0.05) is 29.3 Å². The monoisotopic (exact) mass is 422 g/mol. The number of benzene rings is 2. The van der Waals surface area contributed by atoms with Gasteiger partial charge in [0.05, 0.1) is 17.3 Å². The molecule has 1 aromatic heterocycles. The number of aryl methyl sites for hydroxylation is 1. The van der Waals surface area contributed by atoms with Gasteiger partial charge in [0.25, 0.3) is 6.47 Å². The van der Waals surface area contributed by atoms with Gasteiger partial charge in [0.2, 0.25) is 0 Å². The van der Waals surface area contributed by atoms with Crippen LogP contribution in [0.4, 0.5) is 5.69 Å². The highest BCUT2D eigenvalue weighted by atomic mass is 16.4. The predicted octanol–water partition coefficient (Wildman–Crippen LogP) is 4.17. The van der Waals surface area contributed by atoms with Crippen LogP contribution in [-0.2, 0) is 22.6 Å². The molecule has 1 unspecified atom stereocenters. The number of carboxylic acids is 1. The molecule has 1 heterocycles. The lowest BCUT2D eigenvalue weighted by Crippen LogP contribution is -2.15. The van der Waals surface area contributed by atoms with E-state index in [-0.39, 0.29) is 6.47 Å². The molecule has 7 heteroatoms. The van der Waals surface area contributed by atoms with E-state index >= 15 is 0 Å². The summed E-state index contributed by atoms with van der Waals surface area (Å²) in [6, 6.07) is 18.5. The summed E-state index contributed by atoms with van der Waals surface area (Å²) in [5, 5.41) is 29.7. The molecule has 0 aliphatic heterocycles. The van der Waals surface area contributed by atoms with Crippen molar-refractivity contribution in [3.05, 3.63) is 84.1 Å². The zero-order valence-corrected chi connectivity index (χ0v) is 17.1. The molecule has 1 aliphatic rings. The molecule has 0 radical (unpaired) electrons. The number of aromatic nitrogens is 1. The number of fused-ring (bicyclic) bond motifs is 2. The molecule has 4 rings (SSSR count). The molecule has 1 atom stereocenters. The highest BCUT2D eigenvalue weighted by Gasteiger charge is 2.24. The first-order valence-electron chi connectivity index (χ1n) is 9.82. The van der Waals surface area contributed by atoms with Crippen molar-refractivity contribution in [2.45, 2.75) is 31.9 Å². The van der Waals surface area contributed by atoms with E-state index in [1.165, 1.54) is 5.56 Å². The number of aliphatic hydroxyl groups excluding tert-OH is 1. The van der Waals surface area contributed by atoms with Crippen LogP contribution in [0.2, 0.25) is 0 Å². The van der Waals surface area contributed by atoms with Crippen molar-refractivity contribution >= 4 is 29.0 Å². The van der Waals surface area contributed by atoms with Crippen molar-refractivity contribution in [1.82, 2.24) is 4.98 Å². The molecule has 1 aliphatic carbocycles. The summed E-state index contributed by atoms with van der Waals surface area (Å²) < 4.78 is 0. The quantitative estimate of drug-likeness (QED) is 0.368. The number of aliphatic hydroxyl groups is 1. The van der Waals surface area contributed by atoms with Crippen LogP contribution < -0.4 is 5.32 Å². The lowest BCUT2D eigenvalue weighted by molar-refractivity contribution is -0.131. The third-order valence-corrected chi connectivity index (χ3v) is 4.72. The second kappa shape index (κ2) is 12.1. The van der Waals surface area contributed by atoms with Gasteiger partial charge in [-0.25, -0.2) is 4.79 Å². The average Bonchev–Trinajstić information content (AvgIpc) is 2.78. The van der Waals surface area contributed by atoms with Crippen LogP contribution in [0, 0.1) is 0 Å². The molecule has 2 aromatic carbocycles. The molecule has 0 bridgehead atoms. The fourth-order valence-corrected chi connectivity index (χ4v) is 3.41. The van der Waals surface area contributed by atoms with Gasteiger partial charge >= 0.3 is 5.97 Å². The number of para-hydroxylation sites is 1. The number of aliphatic carboxylic acids is 1. The second-order valence-electron chi connectivity index (χ2n) is 6.76. The first kappa shape index (κ1) is 23.6. The molecule has 0 saturated heterocycles. The van der Waals surface area contributed by atoms with Crippen LogP contribution in [0.3, 0.4) is 0 Å². The Morgan fingerprint density at radius 1 is 1.16 bits per heavy atom. The Labute approximate surface area is 180 Å². The van der Waals surface area contributed by atoms with Gasteiger partial charge < -0.3 is 20.6 Å². The highest BCUT2D eigenvalue weighted by molar-refractivity contribution is 5.93. The first-order chi connectivity index (χ1) is 15.0. The minimum Gasteiger partial charge on any atom is -0.483 e. The fraction of sp³-hybridized carbons (Fsp3) is 0.208. The number of hydrogen-bond donors (Lipinski definition) is 4. The standard InChI is InChI=1S/C20H20N2O.C3H4O2.CH2O2/c23-18-12-6-11-17-19(18)20(15-9-4-5-10-16(15)22-17)21-13-14-7-2-1-3-8-14;1-2-3(4)5;2-1-3/h1-5,7-10,18,23H,6,11-13H2,(H,21,22);2H,1H2,(H,4,5);1H,(H,2,3). The van der Waals surface area contributed by atoms with Crippen LogP contribution in [0.25, 0.3) is 10.9 Å². The molecule has 0 spiro atoms. The summed E-state index contributed by atoms with van der Waals surface area (Å²) in [7, 11) is 0. The molecule has 162 valence electrons.